The first kappa shape index (κ1) is 61.4. The molecule has 0 aliphatic carbocycles. The summed E-state index contributed by atoms with van der Waals surface area (Å²) >= 11 is 0. The molecular weight excluding hydrogens is 963 g/mol. The van der Waals surface area contributed by atoms with Gasteiger partial charge >= 0.3 is 5.97 Å². The Hall–Kier alpha value is -2.43. The Balaban J connectivity index is 1.50. The van der Waals surface area contributed by atoms with Gasteiger partial charge in [-0.25, -0.2) is 0 Å². The monoisotopic (exact) mass is 1050 g/mol. The Labute approximate surface area is 429 Å². The molecule has 5 rings (SSSR count). The van der Waals surface area contributed by atoms with E-state index in [1.54, 1.807) is 66.6 Å². The van der Waals surface area contributed by atoms with Crippen LogP contribution in [0.4, 0.5) is 0 Å². The molecule has 0 radical (unpaired) electrons. The Bertz CT molecular complexity index is 1820. The first-order valence-corrected chi connectivity index (χ1v) is 25.6. The van der Waals surface area contributed by atoms with Crippen LogP contribution in [0.25, 0.3) is 0 Å². The number of carbonyl (C=O) groups excluding carboxylic acids is 3. The largest absolute Gasteiger partial charge is 0.462 e. The highest BCUT2D eigenvalue weighted by atomic mass is 16.8. The molecule has 5 heterocycles. The van der Waals surface area contributed by atoms with Crippen molar-refractivity contribution in [3.05, 3.63) is 23.8 Å². The van der Waals surface area contributed by atoms with Crippen molar-refractivity contribution < 1.29 is 102 Å². The molecule has 22 nitrogen and oxygen atoms in total. The quantitative estimate of drug-likeness (QED) is 0.0857. The minimum Gasteiger partial charge on any atom is -0.462 e. The summed E-state index contributed by atoms with van der Waals surface area (Å²) in [5.74, 6) is -4.04. The third kappa shape index (κ3) is 15.2. The number of hydrogen-bond donors (Lipinski definition) is 7. The molecule has 4 fully saturated rings. The second-order valence-corrected chi connectivity index (χ2v) is 21.1. The van der Waals surface area contributed by atoms with E-state index < -0.39 is 171 Å². The molecule has 7 N–H and O–H groups in total. The molecule has 0 bridgehead atoms. The maximum Gasteiger partial charge on any atom is 0.308 e. The summed E-state index contributed by atoms with van der Waals surface area (Å²) in [7, 11) is 6.36. The zero-order valence-corrected chi connectivity index (χ0v) is 44.4. The summed E-state index contributed by atoms with van der Waals surface area (Å²) in [6.07, 6.45) is -16.3. The SMILES string of the molecule is CC[C@H]1OC(=O)C[C@@H](O)[C@H](C)[C@@H](O[C@@H]2O[C@H](C)[C@@H](O[C@H]3C[C@@](C)(O)[C@@H](O)[C@H](C)O3)[C@H](N(C)C)[C@H]2O[C@@H]2OC[C@@H](O)[C@H](O)[C@H]2O)[C@@H](CC=O)C[C@@H](C)C(=O)/C=C/C(C)=C/C1CO[C@@H]1O[C@H](C)[C@@H](O)[C@@H](OC)[C@H]1OC. The predicted molar refractivity (Wildman–Crippen MR) is 257 cm³/mol. The Kier molecular flexibility index (Phi) is 22.9. The highest BCUT2D eigenvalue weighted by Gasteiger charge is 2.54. The minimum absolute atomic E-state index is 0.0462. The molecule has 5 aliphatic rings. The number of aldehydes is 1. The van der Waals surface area contributed by atoms with E-state index in [1.807, 2.05) is 13.0 Å². The maximum absolute atomic E-state index is 14.0. The molecule has 4 saturated heterocycles. The van der Waals surface area contributed by atoms with E-state index in [1.165, 1.54) is 27.2 Å². The van der Waals surface area contributed by atoms with Crippen LogP contribution in [0, 0.1) is 23.7 Å². The first-order chi connectivity index (χ1) is 34.4. The lowest BCUT2D eigenvalue weighted by molar-refractivity contribution is -0.371. The fourth-order valence-electron chi connectivity index (χ4n) is 10.7. The number of carbonyl (C=O) groups is 3. The number of aliphatic hydroxyl groups excluding tert-OH is 6. The molecule has 0 aromatic rings. The molecule has 5 aliphatic heterocycles. The summed E-state index contributed by atoms with van der Waals surface area (Å²) in [5.41, 5.74) is -0.931. The van der Waals surface area contributed by atoms with Crippen molar-refractivity contribution in [1.82, 2.24) is 4.90 Å². The lowest BCUT2D eigenvalue weighted by Gasteiger charge is -2.52. The fourth-order valence-corrected chi connectivity index (χ4v) is 10.7. The molecule has 22 heteroatoms. The second kappa shape index (κ2) is 27.2. The number of nitrogens with zero attached hydrogens (tertiary/aromatic N) is 1. The van der Waals surface area contributed by atoms with Gasteiger partial charge in [0.25, 0.3) is 0 Å². The van der Waals surface area contributed by atoms with Gasteiger partial charge in [0.15, 0.2) is 30.9 Å². The van der Waals surface area contributed by atoms with Crippen molar-refractivity contribution >= 4 is 18.0 Å². The lowest BCUT2D eigenvalue weighted by atomic mass is 9.79. The van der Waals surface area contributed by atoms with Gasteiger partial charge in [-0.3, -0.25) is 9.59 Å². The summed E-state index contributed by atoms with van der Waals surface area (Å²) in [6.45, 7) is 13.0. The highest BCUT2D eigenvalue weighted by Crippen LogP contribution is 2.39. The van der Waals surface area contributed by atoms with Crippen LogP contribution < -0.4 is 0 Å². The van der Waals surface area contributed by atoms with Gasteiger partial charge < -0.3 is 97.5 Å². The van der Waals surface area contributed by atoms with E-state index >= 15 is 0 Å². The third-order valence-electron chi connectivity index (χ3n) is 15.1. The number of methoxy groups -OCH3 is 2. The number of ketones is 1. The molecule has 0 amide bonds. The fraction of sp³-hybridized carbons (Fsp3) is 0.863. The number of cyclic esters (lactones) is 1. The predicted octanol–water partition coefficient (Wildman–Crippen LogP) is 0.297. The topological polar surface area (TPSA) is 298 Å². The zero-order chi connectivity index (χ0) is 54.2. The smallest absolute Gasteiger partial charge is 0.308 e. The molecule has 420 valence electrons. The van der Waals surface area contributed by atoms with Crippen molar-refractivity contribution in [2.24, 2.45) is 23.7 Å². The minimum atomic E-state index is -1.75. The van der Waals surface area contributed by atoms with E-state index in [0.29, 0.717) is 18.3 Å². The number of esters is 1. The van der Waals surface area contributed by atoms with E-state index in [2.05, 4.69) is 0 Å². The standard InChI is InChI=1S/C51H85NO21/c1-13-35-31(22-65-49-46(64-12)45(63-11)39(58)27(5)68-49)18-24(2)14-15-32(54)25(3)19-30(16-17-53)42(26(4)33(55)20-36(57)70-35)72-50-44(73-48-41(60)40(59)34(56)23-66-48)38(52(9)10)43(28(6)69-50)71-37-21-51(8,62)47(61)29(7)67-37/h14-15,17-18,25-31,33-35,37-50,55-56,58-62H,13,16,19-23H2,1-12H3/b15-14+,24-18+/t25-,26+,27-,28-,29+,30+,31?,33-,34-,35-,37+,38+,39-,40+,41-,42-,43-,44-,45-,46-,47+,48+,49-,50+,51-/m1/s1. The molecule has 0 aromatic heterocycles. The van der Waals surface area contributed by atoms with Crippen LogP contribution in [-0.4, -0.2) is 229 Å². The Morgan fingerprint density at radius 2 is 1.44 bits per heavy atom. The van der Waals surface area contributed by atoms with E-state index in [-0.39, 0.29) is 31.7 Å². The summed E-state index contributed by atoms with van der Waals surface area (Å²) in [5, 5.41) is 76.7. The second-order valence-electron chi connectivity index (χ2n) is 21.1. The lowest BCUT2D eigenvalue weighted by Crippen LogP contribution is -2.67. The highest BCUT2D eigenvalue weighted by molar-refractivity contribution is 5.91. The van der Waals surface area contributed by atoms with Crippen molar-refractivity contribution in [2.45, 2.75) is 216 Å². The third-order valence-corrected chi connectivity index (χ3v) is 15.1. The molecule has 0 spiro atoms. The first-order valence-electron chi connectivity index (χ1n) is 25.6. The molecule has 0 aromatic carbocycles. The van der Waals surface area contributed by atoms with Gasteiger partial charge in [0.05, 0.1) is 61.8 Å². The van der Waals surface area contributed by atoms with Crippen LogP contribution in [0.15, 0.2) is 23.8 Å². The van der Waals surface area contributed by atoms with E-state index in [9.17, 15) is 50.1 Å². The van der Waals surface area contributed by atoms with Crippen LogP contribution in [0.2, 0.25) is 0 Å². The van der Waals surface area contributed by atoms with Crippen LogP contribution >= 0.6 is 0 Å². The van der Waals surface area contributed by atoms with E-state index in [0.717, 1.165) is 0 Å². The van der Waals surface area contributed by atoms with Gasteiger partial charge in [-0.2, -0.15) is 0 Å². The number of hydrogen-bond acceptors (Lipinski definition) is 22. The van der Waals surface area contributed by atoms with Crippen molar-refractivity contribution in [1.29, 1.82) is 0 Å². The van der Waals surface area contributed by atoms with Crippen LogP contribution in [0.3, 0.4) is 0 Å². The summed E-state index contributed by atoms with van der Waals surface area (Å²) in [4.78, 5) is 42.3. The molecule has 0 saturated carbocycles. The van der Waals surface area contributed by atoms with Gasteiger partial charge in [0.2, 0.25) is 0 Å². The molecular formula is C51H85NO21. The van der Waals surface area contributed by atoms with E-state index in [4.69, 9.17) is 52.1 Å². The summed E-state index contributed by atoms with van der Waals surface area (Å²) < 4.78 is 68.0. The van der Waals surface area contributed by atoms with Gasteiger partial charge in [-0.15, -0.1) is 0 Å². The number of rotatable bonds is 15. The van der Waals surface area contributed by atoms with Crippen molar-refractivity contribution in [3.8, 4) is 0 Å². The average molecular weight is 1050 g/mol. The average Bonchev–Trinajstić information content (AvgIpc) is 3.33. The molecule has 1 unspecified atom stereocenters. The van der Waals surface area contributed by atoms with Gasteiger partial charge in [-0.1, -0.05) is 38.5 Å². The normalized spacial score (nSPS) is 47.1. The Morgan fingerprint density at radius 3 is 2.05 bits per heavy atom. The maximum atomic E-state index is 14.0. The van der Waals surface area contributed by atoms with Crippen LogP contribution in [-0.2, 0) is 66.5 Å². The van der Waals surface area contributed by atoms with Crippen LogP contribution in [0.1, 0.15) is 87.5 Å². The summed E-state index contributed by atoms with van der Waals surface area (Å²) in [6, 6.07) is -0.860. The molecule has 73 heavy (non-hydrogen) atoms. The van der Waals surface area contributed by atoms with Gasteiger partial charge in [-0.05, 0) is 73.5 Å². The van der Waals surface area contributed by atoms with Gasteiger partial charge in [0, 0.05) is 44.8 Å². The number of aliphatic hydroxyl groups is 7. The number of likely N-dealkylation sites (N-methyl/N-ethyl adjacent to an activating group) is 1. The zero-order valence-electron chi connectivity index (χ0n) is 44.4. The van der Waals surface area contributed by atoms with Crippen molar-refractivity contribution in [3.63, 3.8) is 0 Å². The number of ether oxygens (including phenoxy) is 11. The Morgan fingerprint density at radius 1 is 0.781 bits per heavy atom. The van der Waals surface area contributed by atoms with Crippen LogP contribution in [0.5, 0.6) is 0 Å². The molecule has 25 atom stereocenters. The van der Waals surface area contributed by atoms with Gasteiger partial charge in [0.1, 0.15) is 67.3 Å². The van der Waals surface area contributed by atoms with Crippen molar-refractivity contribution in [2.75, 3.05) is 41.5 Å². The number of allylic oxidation sites excluding steroid dienone is 3.